The lowest BCUT2D eigenvalue weighted by atomic mass is 9.77. The quantitative estimate of drug-likeness (QED) is 0.410. The number of hydrogen-bond acceptors (Lipinski definition) is 5. The Bertz CT molecular complexity index is 1380. The second kappa shape index (κ2) is 7.16. The number of anilines is 1. The SMILES string of the molecule is O=C1[C@@H]2[C@@H](c3ccc(Cl)cc3)OC3(C(=O)c4ccccc4C3=O)[C@H]2C(=O)N1c1ccccc1F. The van der Waals surface area contributed by atoms with Crippen LogP contribution in [0.1, 0.15) is 32.4 Å². The lowest BCUT2D eigenvalue weighted by Crippen LogP contribution is -2.51. The molecule has 168 valence electrons. The van der Waals surface area contributed by atoms with Crippen LogP contribution in [0.25, 0.3) is 0 Å². The average Bonchev–Trinajstić information content (AvgIpc) is 3.40. The number of carbonyl (C=O) groups excluding carboxylic acids is 4. The predicted octanol–water partition coefficient (Wildman–Crippen LogP) is 4.17. The third-order valence-corrected chi connectivity index (χ3v) is 7.06. The lowest BCUT2D eigenvalue weighted by molar-refractivity contribution is -0.127. The summed E-state index contributed by atoms with van der Waals surface area (Å²) in [7, 11) is 0. The number of ether oxygens (including phenoxy) is 1. The number of halogens is 2. The van der Waals surface area contributed by atoms with Crippen LogP contribution in [-0.2, 0) is 14.3 Å². The number of ketones is 2. The van der Waals surface area contributed by atoms with Gasteiger partial charge in [-0.2, -0.15) is 0 Å². The van der Waals surface area contributed by atoms with E-state index in [0.717, 1.165) is 11.0 Å². The van der Waals surface area contributed by atoms with Crippen LogP contribution in [0.2, 0.25) is 5.02 Å². The van der Waals surface area contributed by atoms with Crippen LogP contribution in [0, 0.1) is 17.7 Å². The monoisotopic (exact) mass is 475 g/mol. The summed E-state index contributed by atoms with van der Waals surface area (Å²) in [5.74, 6) is -6.32. The molecule has 2 heterocycles. The predicted molar refractivity (Wildman–Crippen MR) is 119 cm³/mol. The van der Waals surface area contributed by atoms with Crippen molar-refractivity contribution in [3.05, 3.63) is 100 Å². The molecule has 8 heteroatoms. The number of imide groups is 1. The Balaban J connectivity index is 1.56. The van der Waals surface area contributed by atoms with Gasteiger partial charge in [0.1, 0.15) is 5.82 Å². The molecule has 3 aromatic rings. The molecule has 1 aliphatic carbocycles. The van der Waals surface area contributed by atoms with Crippen molar-refractivity contribution in [3.8, 4) is 0 Å². The Morgan fingerprint density at radius 2 is 1.38 bits per heavy atom. The maximum atomic E-state index is 14.6. The fraction of sp³-hybridized carbons (Fsp3) is 0.154. The van der Waals surface area contributed by atoms with Gasteiger partial charge in [-0.15, -0.1) is 0 Å². The van der Waals surface area contributed by atoms with Gasteiger partial charge in [0.15, 0.2) is 0 Å². The fourth-order valence-electron chi connectivity index (χ4n) is 5.34. The minimum atomic E-state index is -2.20. The first kappa shape index (κ1) is 20.9. The van der Waals surface area contributed by atoms with Crippen LogP contribution in [0.5, 0.6) is 0 Å². The summed E-state index contributed by atoms with van der Waals surface area (Å²) in [6.45, 7) is 0. The molecule has 0 saturated carbocycles. The minimum absolute atomic E-state index is 0.132. The zero-order valence-corrected chi connectivity index (χ0v) is 18.2. The minimum Gasteiger partial charge on any atom is -0.349 e. The first-order valence-corrected chi connectivity index (χ1v) is 11.0. The first-order valence-electron chi connectivity index (χ1n) is 10.6. The van der Waals surface area contributed by atoms with Crippen molar-refractivity contribution in [1.82, 2.24) is 0 Å². The summed E-state index contributed by atoms with van der Waals surface area (Å²) >= 11 is 6.01. The molecule has 0 aromatic heterocycles. The fourth-order valence-corrected chi connectivity index (χ4v) is 5.47. The summed E-state index contributed by atoms with van der Waals surface area (Å²) in [6, 6.07) is 18.0. The number of rotatable bonds is 2. The van der Waals surface area contributed by atoms with Crippen molar-refractivity contribution < 1.29 is 28.3 Å². The van der Waals surface area contributed by atoms with Gasteiger partial charge >= 0.3 is 0 Å². The third kappa shape index (κ3) is 2.53. The third-order valence-electron chi connectivity index (χ3n) is 6.81. The van der Waals surface area contributed by atoms with Crippen molar-refractivity contribution in [2.75, 3.05) is 4.90 Å². The topological polar surface area (TPSA) is 80.8 Å². The molecule has 2 aliphatic heterocycles. The number of carbonyl (C=O) groups is 4. The molecule has 2 fully saturated rings. The normalized spacial score (nSPS) is 24.8. The molecule has 2 amide bonds. The Morgan fingerprint density at radius 3 is 2.00 bits per heavy atom. The second-order valence-electron chi connectivity index (χ2n) is 8.50. The average molecular weight is 476 g/mol. The Kier molecular flexibility index (Phi) is 4.40. The van der Waals surface area contributed by atoms with Crippen molar-refractivity contribution in [3.63, 3.8) is 0 Å². The van der Waals surface area contributed by atoms with Gasteiger partial charge in [0.05, 0.1) is 23.6 Å². The van der Waals surface area contributed by atoms with E-state index < -0.39 is 52.7 Å². The van der Waals surface area contributed by atoms with E-state index >= 15 is 0 Å². The van der Waals surface area contributed by atoms with Gasteiger partial charge in [0.2, 0.25) is 29.0 Å². The molecular weight excluding hydrogens is 461 g/mol. The van der Waals surface area contributed by atoms with Gasteiger partial charge < -0.3 is 4.74 Å². The molecular formula is C26H15ClFNO5. The van der Waals surface area contributed by atoms with Gasteiger partial charge in [-0.05, 0) is 29.8 Å². The summed E-state index contributed by atoms with van der Waals surface area (Å²) in [4.78, 5) is 55.4. The van der Waals surface area contributed by atoms with E-state index in [1.54, 1.807) is 36.4 Å². The number of benzene rings is 3. The molecule has 3 aromatic carbocycles. The van der Waals surface area contributed by atoms with Crippen molar-refractivity contribution in [1.29, 1.82) is 0 Å². The van der Waals surface area contributed by atoms with E-state index in [1.165, 1.54) is 30.3 Å². The highest BCUT2D eigenvalue weighted by Gasteiger charge is 2.74. The summed E-state index contributed by atoms with van der Waals surface area (Å²) in [6.07, 6.45) is -1.09. The number of para-hydroxylation sites is 1. The van der Waals surface area contributed by atoms with Crippen molar-refractivity contribution in [2.45, 2.75) is 11.7 Å². The Hall–Kier alpha value is -3.68. The van der Waals surface area contributed by atoms with Gasteiger partial charge in [-0.3, -0.25) is 19.2 Å². The van der Waals surface area contributed by atoms with Crippen LogP contribution >= 0.6 is 11.6 Å². The standard InChI is InChI=1S/C26H15ClFNO5/c27-14-11-9-13(10-12-14)21-19-20(25(33)29(24(19)32)18-8-4-3-7-17(18)28)26(34-21)22(30)15-5-1-2-6-16(15)23(26)31/h1-12,19-21H/t19-,20+,21+/m0/s1. The van der Waals surface area contributed by atoms with Crippen LogP contribution < -0.4 is 4.90 Å². The molecule has 0 N–H and O–H groups in total. The molecule has 34 heavy (non-hydrogen) atoms. The van der Waals surface area contributed by atoms with E-state index in [2.05, 4.69) is 0 Å². The maximum Gasteiger partial charge on any atom is 0.241 e. The van der Waals surface area contributed by atoms with E-state index in [4.69, 9.17) is 16.3 Å². The number of hydrogen-bond donors (Lipinski definition) is 0. The van der Waals surface area contributed by atoms with E-state index in [-0.39, 0.29) is 16.8 Å². The number of Topliss-reactive ketones (excluding diaryl/α,β-unsaturated/α-hetero) is 2. The Morgan fingerprint density at radius 1 is 0.794 bits per heavy atom. The van der Waals surface area contributed by atoms with Crippen LogP contribution in [-0.4, -0.2) is 29.0 Å². The van der Waals surface area contributed by atoms with Gasteiger partial charge in [0.25, 0.3) is 0 Å². The van der Waals surface area contributed by atoms with Crippen molar-refractivity contribution >= 4 is 40.7 Å². The molecule has 3 aliphatic rings. The Labute approximate surface area is 197 Å². The summed E-state index contributed by atoms with van der Waals surface area (Å²) in [5, 5.41) is 0.440. The molecule has 0 unspecified atom stereocenters. The smallest absolute Gasteiger partial charge is 0.241 e. The number of nitrogens with zero attached hydrogens (tertiary/aromatic N) is 1. The zero-order valence-electron chi connectivity index (χ0n) is 17.4. The molecule has 1 spiro atoms. The first-order chi connectivity index (χ1) is 16.4. The molecule has 2 saturated heterocycles. The lowest BCUT2D eigenvalue weighted by Gasteiger charge is -2.27. The molecule has 6 nitrogen and oxygen atoms in total. The highest BCUT2D eigenvalue weighted by Crippen LogP contribution is 2.57. The van der Waals surface area contributed by atoms with Gasteiger partial charge in [-0.1, -0.05) is 60.1 Å². The highest BCUT2D eigenvalue weighted by atomic mass is 35.5. The summed E-state index contributed by atoms with van der Waals surface area (Å²) in [5.41, 5.74) is -1.69. The maximum absolute atomic E-state index is 14.6. The second-order valence-corrected chi connectivity index (χ2v) is 8.93. The van der Waals surface area contributed by atoms with Crippen molar-refractivity contribution in [2.24, 2.45) is 11.8 Å². The van der Waals surface area contributed by atoms with Crippen LogP contribution in [0.4, 0.5) is 10.1 Å². The summed E-state index contributed by atoms with van der Waals surface area (Å²) < 4.78 is 20.8. The zero-order chi connectivity index (χ0) is 23.8. The van der Waals surface area contributed by atoms with E-state index in [1.807, 2.05) is 0 Å². The van der Waals surface area contributed by atoms with Gasteiger partial charge in [-0.25, -0.2) is 9.29 Å². The van der Waals surface area contributed by atoms with E-state index in [0.29, 0.717) is 10.6 Å². The molecule has 0 bridgehead atoms. The van der Waals surface area contributed by atoms with E-state index in [9.17, 15) is 23.6 Å². The highest BCUT2D eigenvalue weighted by molar-refractivity contribution is 6.37. The van der Waals surface area contributed by atoms with Crippen LogP contribution in [0.3, 0.4) is 0 Å². The molecule has 3 atom stereocenters. The van der Waals surface area contributed by atoms with Crippen LogP contribution in [0.15, 0.2) is 72.8 Å². The number of amides is 2. The largest absolute Gasteiger partial charge is 0.349 e. The number of fused-ring (bicyclic) bond motifs is 3. The van der Waals surface area contributed by atoms with Gasteiger partial charge in [0, 0.05) is 16.1 Å². The molecule has 6 rings (SSSR count). The molecule has 0 radical (unpaired) electrons.